The van der Waals surface area contributed by atoms with Crippen LogP contribution in [0.2, 0.25) is 0 Å². The second kappa shape index (κ2) is 10.4. The first kappa shape index (κ1) is 20.7. The molecule has 0 bridgehead atoms. The second-order valence-corrected chi connectivity index (χ2v) is 5.63. The van der Waals surface area contributed by atoms with E-state index in [0.29, 0.717) is 0 Å². The smallest absolute Gasteiger partial charge is 0.344 e. The van der Waals surface area contributed by atoms with Crippen molar-refractivity contribution < 1.29 is 23.8 Å². The fourth-order valence-corrected chi connectivity index (χ4v) is 1.61. The first-order valence-electron chi connectivity index (χ1n) is 7.15. The topological polar surface area (TPSA) is 61.8 Å². The van der Waals surface area contributed by atoms with E-state index in [2.05, 4.69) is 12.8 Å². The SMILES string of the molecule is C#C.CC(OC(C)(C)C)C(=O)OCC(=O)OCc1ccccc1. The van der Waals surface area contributed by atoms with E-state index in [1.807, 2.05) is 51.1 Å². The molecule has 0 fully saturated rings. The Kier molecular flexibility index (Phi) is 9.36. The summed E-state index contributed by atoms with van der Waals surface area (Å²) in [5, 5.41) is 0. The highest BCUT2D eigenvalue weighted by Crippen LogP contribution is 2.11. The maximum absolute atomic E-state index is 11.6. The summed E-state index contributed by atoms with van der Waals surface area (Å²) in [6.07, 6.45) is 7.27. The highest BCUT2D eigenvalue weighted by Gasteiger charge is 2.23. The van der Waals surface area contributed by atoms with Crippen LogP contribution in [0.1, 0.15) is 33.3 Å². The Balaban J connectivity index is 0.00000232. The summed E-state index contributed by atoms with van der Waals surface area (Å²) in [5.74, 6) is -1.17. The number of hydrogen-bond acceptors (Lipinski definition) is 5. The van der Waals surface area contributed by atoms with Gasteiger partial charge in [-0.15, -0.1) is 12.8 Å². The summed E-state index contributed by atoms with van der Waals surface area (Å²) >= 11 is 0. The van der Waals surface area contributed by atoms with Crippen LogP contribution in [0.25, 0.3) is 0 Å². The normalized spacial score (nSPS) is 11.6. The molecule has 5 heteroatoms. The summed E-state index contributed by atoms with van der Waals surface area (Å²) in [5.41, 5.74) is 0.424. The van der Waals surface area contributed by atoms with Gasteiger partial charge in [0.25, 0.3) is 0 Å². The van der Waals surface area contributed by atoms with E-state index >= 15 is 0 Å². The summed E-state index contributed by atoms with van der Waals surface area (Å²) in [7, 11) is 0. The van der Waals surface area contributed by atoms with Gasteiger partial charge in [-0.2, -0.15) is 0 Å². The van der Waals surface area contributed by atoms with Gasteiger partial charge in [-0.3, -0.25) is 0 Å². The average molecular weight is 320 g/mol. The van der Waals surface area contributed by atoms with Crippen molar-refractivity contribution in [2.45, 2.75) is 46.0 Å². The molecule has 0 saturated heterocycles. The third-order valence-electron chi connectivity index (χ3n) is 2.44. The van der Waals surface area contributed by atoms with Crippen LogP contribution in [0.4, 0.5) is 0 Å². The third-order valence-corrected chi connectivity index (χ3v) is 2.44. The van der Waals surface area contributed by atoms with Gasteiger partial charge < -0.3 is 14.2 Å². The van der Waals surface area contributed by atoms with Crippen molar-refractivity contribution in [3.63, 3.8) is 0 Å². The lowest BCUT2D eigenvalue weighted by atomic mass is 10.2. The van der Waals surface area contributed by atoms with Gasteiger partial charge in [0.2, 0.25) is 0 Å². The minimum atomic E-state index is -0.730. The number of esters is 2. The average Bonchev–Trinajstić information content (AvgIpc) is 2.52. The van der Waals surface area contributed by atoms with Crippen LogP contribution in [0.3, 0.4) is 0 Å². The van der Waals surface area contributed by atoms with E-state index < -0.39 is 30.3 Å². The molecular weight excluding hydrogens is 296 g/mol. The predicted molar refractivity (Wildman–Crippen MR) is 87.4 cm³/mol. The molecule has 0 aromatic heterocycles. The molecular formula is C18H24O5. The van der Waals surface area contributed by atoms with E-state index in [1.165, 1.54) is 0 Å². The molecule has 0 aliphatic rings. The van der Waals surface area contributed by atoms with Gasteiger partial charge in [0.05, 0.1) is 5.60 Å². The summed E-state index contributed by atoms with van der Waals surface area (Å²) < 4.78 is 15.3. The number of hydrogen-bond donors (Lipinski definition) is 0. The van der Waals surface area contributed by atoms with Crippen LogP contribution in [-0.2, 0) is 30.4 Å². The molecule has 126 valence electrons. The summed E-state index contributed by atoms with van der Waals surface area (Å²) in [6.45, 7) is 6.85. The highest BCUT2D eigenvalue weighted by molar-refractivity contribution is 5.78. The Labute approximate surface area is 137 Å². The molecule has 0 aliphatic heterocycles. The first-order valence-corrected chi connectivity index (χ1v) is 7.15. The zero-order valence-electron chi connectivity index (χ0n) is 14.1. The molecule has 1 unspecified atom stereocenters. The number of terminal acetylenes is 1. The quantitative estimate of drug-likeness (QED) is 0.596. The largest absolute Gasteiger partial charge is 0.458 e. The Hall–Kier alpha value is -2.32. The van der Waals surface area contributed by atoms with Crippen LogP contribution in [0, 0.1) is 12.8 Å². The summed E-state index contributed by atoms with van der Waals surface area (Å²) in [4.78, 5) is 23.1. The zero-order valence-corrected chi connectivity index (χ0v) is 14.1. The molecule has 1 rings (SSSR count). The van der Waals surface area contributed by atoms with E-state index in [1.54, 1.807) is 6.92 Å². The van der Waals surface area contributed by atoms with Crippen molar-refractivity contribution in [1.82, 2.24) is 0 Å². The molecule has 1 aromatic carbocycles. The van der Waals surface area contributed by atoms with Crippen molar-refractivity contribution >= 4 is 11.9 Å². The summed E-state index contributed by atoms with van der Waals surface area (Å²) in [6, 6.07) is 9.28. The Morgan fingerprint density at radius 2 is 1.65 bits per heavy atom. The molecule has 23 heavy (non-hydrogen) atoms. The third kappa shape index (κ3) is 10.1. The van der Waals surface area contributed by atoms with E-state index in [-0.39, 0.29) is 6.61 Å². The Morgan fingerprint density at radius 3 is 2.17 bits per heavy atom. The van der Waals surface area contributed by atoms with Crippen LogP contribution in [-0.4, -0.2) is 30.3 Å². The Morgan fingerprint density at radius 1 is 1.09 bits per heavy atom. The number of rotatable bonds is 6. The molecule has 0 saturated carbocycles. The lowest BCUT2D eigenvalue weighted by Crippen LogP contribution is -2.33. The van der Waals surface area contributed by atoms with Gasteiger partial charge in [-0.25, -0.2) is 9.59 Å². The van der Waals surface area contributed by atoms with Crippen LogP contribution < -0.4 is 0 Å². The van der Waals surface area contributed by atoms with Crippen molar-refractivity contribution in [1.29, 1.82) is 0 Å². The maximum atomic E-state index is 11.6. The molecule has 0 radical (unpaired) electrons. The fourth-order valence-electron chi connectivity index (χ4n) is 1.61. The Bertz CT molecular complexity index is 499. The van der Waals surface area contributed by atoms with Gasteiger partial charge in [0.15, 0.2) is 12.7 Å². The van der Waals surface area contributed by atoms with Gasteiger partial charge in [-0.1, -0.05) is 30.3 Å². The van der Waals surface area contributed by atoms with Crippen molar-refractivity contribution in [3.05, 3.63) is 35.9 Å². The van der Waals surface area contributed by atoms with E-state index in [4.69, 9.17) is 14.2 Å². The maximum Gasteiger partial charge on any atom is 0.344 e. The fraction of sp³-hybridized carbons (Fsp3) is 0.444. The van der Waals surface area contributed by atoms with E-state index in [9.17, 15) is 9.59 Å². The molecule has 0 heterocycles. The number of carbonyl (C=O) groups is 2. The molecule has 0 amide bonds. The van der Waals surface area contributed by atoms with Crippen LogP contribution in [0.15, 0.2) is 30.3 Å². The molecule has 0 N–H and O–H groups in total. The lowest BCUT2D eigenvalue weighted by molar-refractivity contribution is -0.171. The van der Waals surface area contributed by atoms with Crippen LogP contribution >= 0.6 is 0 Å². The second-order valence-electron chi connectivity index (χ2n) is 5.63. The van der Waals surface area contributed by atoms with Crippen molar-refractivity contribution in [2.24, 2.45) is 0 Å². The zero-order chi connectivity index (χ0) is 17.9. The lowest BCUT2D eigenvalue weighted by Gasteiger charge is -2.23. The first-order chi connectivity index (χ1) is 10.8. The highest BCUT2D eigenvalue weighted by atomic mass is 16.6. The minimum absolute atomic E-state index is 0.158. The molecule has 0 spiro atoms. The van der Waals surface area contributed by atoms with Gasteiger partial charge in [0, 0.05) is 0 Å². The van der Waals surface area contributed by atoms with E-state index in [0.717, 1.165) is 5.56 Å². The van der Waals surface area contributed by atoms with Gasteiger partial charge in [0.1, 0.15) is 6.61 Å². The molecule has 5 nitrogen and oxygen atoms in total. The number of benzene rings is 1. The van der Waals surface area contributed by atoms with Crippen molar-refractivity contribution in [3.8, 4) is 12.8 Å². The van der Waals surface area contributed by atoms with Crippen LogP contribution in [0.5, 0.6) is 0 Å². The predicted octanol–water partition coefficient (Wildman–Crippen LogP) is 2.73. The monoisotopic (exact) mass is 320 g/mol. The van der Waals surface area contributed by atoms with Crippen molar-refractivity contribution in [2.75, 3.05) is 6.61 Å². The molecule has 1 aromatic rings. The number of carbonyl (C=O) groups excluding carboxylic acids is 2. The van der Waals surface area contributed by atoms with Gasteiger partial charge >= 0.3 is 11.9 Å². The minimum Gasteiger partial charge on any atom is -0.458 e. The number of ether oxygens (including phenoxy) is 3. The van der Waals surface area contributed by atoms with Gasteiger partial charge in [-0.05, 0) is 33.3 Å². The molecule has 0 aliphatic carbocycles. The molecule has 1 atom stereocenters. The standard InChI is InChI=1S/C16H22O5.C2H2/c1-12(21-16(2,3)4)15(18)20-11-14(17)19-10-13-8-6-5-7-9-13;1-2/h5-9,12H,10-11H2,1-4H3;1-2H.